The summed E-state index contributed by atoms with van der Waals surface area (Å²) in [7, 11) is 0. The zero-order valence-electron chi connectivity index (χ0n) is 8.49. The Morgan fingerprint density at radius 1 is 1.62 bits per heavy atom. The molecule has 1 aromatic rings. The lowest BCUT2D eigenvalue weighted by Gasteiger charge is -2.00. The Balaban J connectivity index is 2.86. The van der Waals surface area contributed by atoms with Crippen molar-refractivity contribution in [3.05, 3.63) is 38.7 Å². The highest BCUT2D eigenvalue weighted by Crippen LogP contribution is 2.16. The maximum Gasteiger partial charge on any atom is 0.357 e. The molecule has 0 aliphatic rings. The van der Waals surface area contributed by atoms with E-state index in [1.807, 2.05) is 19.1 Å². The molecule has 82 valence electrons. The van der Waals surface area contributed by atoms with E-state index in [4.69, 9.17) is 12.3 Å². The van der Waals surface area contributed by atoms with Crippen molar-refractivity contribution in [2.45, 2.75) is 6.92 Å². The van der Waals surface area contributed by atoms with E-state index >= 15 is 0 Å². The van der Waals surface area contributed by atoms with E-state index < -0.39 is 5.91 Å². The minimum atomic E-state index is -0.843. The number of benzene rings is 1. The number of amidine groups is 1. The number of hydrazone groups is 1. The van der Waals surface area contributed by atoms with E-state index in [0.29, 0.717) is 5.69 Å². The van der Waals surface area contributed by atoms with Gasteiger partial charge in [0.2, 0.25) is 0 Å². The summed E-state index contributed by atoms with van der Waals surface area (Å²) in [6, 6.07) is 5.59. The number of anilines is 1. The van der Waals surface area contributed by atoms with Crippen LogP contribution in [0.4, 0.5) is 5.69 Å². The molecule has 0 radical (unpaired) electrons. The lowest BCUT2D eigenvalue weighted by molar-refractivity contribution is -0.111. The molecule has 16 heavy (non-hydrogen) atoms. The zero-order chi connectivity index (χ0) is 12.1. The van der Waals surface area contributed by atoms with Crippen molar-refractivity contribution < 1.29 is 4.79 Å². The van der Waals surface area contributed by atoms with E-state index in [-0.39, 0.29) is 5.84 Å². The number of hydrogen-bond acceptors (Lipinski definition) is 3. The monoisotopic (exact) mass is 328 g/mol. The van der Waals surface area contributed by atoms with E-state index in [9.17, 15) is 4.79 Å². The van der Waals surface area contributed by atoms with Gasteiger partial charge in [-0.2, -0.15) is 0 Å². The van der Waals surface area contributed by atoms with Crippen molar-refractivity contribution in [1.82, 2.24) is 0 Å². The van der Waals surface area contributed by atoms with Gasteiger partial charge in [0.1, 0.15) is 0 Å². The van der Waals surface area contributed by atoms with Crippen LogP contribution >= 0.6 is 22.6 Å². The maximum absolute atomic E-state index is 10.7. The fourth-order valence-electron chi connectivity index (χ4n) is 0.967. The molecule has 0 saturated carbocycles. The summed E-state index contributed by atoms with van der Waals surface area (Å²) in [5, 5.41) is 3.62. The second kappa shape index (κ2) is 5.46. The topological polar surface area (TPSA) is 71.8 Å². The van der Waals surface area contributed by atoms with Crippen LogP contribution in [0.2, 0.25) is 0 Å². The van der Waals surface area contributed by atoms with Gasteiger partial charge >= 0.3 is 5.84 Å². The largest absolute Gasteiger partial charge is 0.373 e. The lowest BCUT2D eigenvalue weighted by Crippen LogP contribution is -2.21. The van der Waals surface area contributed by atoms with Crippen LogP contribution in [0.15, 0.2) is 23.3 Å². The van der Waals surface area contributed by atoms with Gasteiger partial charge in [-0.15, -0.1) is 0 Å². The number of nitrogens with one attached hydrogen (secondary N) is 1. The summed E-state index contributed by atoms with van der Waals surface area (Å²) < 4.78 is 1.13. The molecule has 3 N–H and O–H groups in total. The first kappa shape index (κ1) is 12.4. The average Bonchev–Trinajstić information content (AvgIpc) is 2.23. The number of carbonyl (C=O) groups excluding carboxylic acids is 1. The van der Waals surface area contributed by atoms with Crippen molar-refractivity contribution in [3.8, 4) is 0 Å². The van der Waals surface area contributed by atoms with Gasteiger partial charge < -0.3 is 10.6 Å². The van der Waals surface area contributed by atoms with Crippen LogP contribution in [0.25, 0.3) is 4.85 Å². The molecule has 0 spiro atoms. The smallest absolute Gasteiger partial charge is 0.357 e. The summed E-state index contributed by atoms with van der Waals surface area (Å²) in [5.74, 6) is -1.21. The van der Waals surface area contributed by atoms with Gasteiger partial charge in [0.15, 0.2) is 0 Å². The number of halogens is 1. The van der Waals surface area contributed by atoms with Crippen molar-refractivity contribution in [2.75, 3.05) is 5.43 Å². The zero-order valence-corrected chi connectivity index (χ0v) is 10.6. The predicted molar refractivity (Wildman–Crippen MR) is 70.8 cm³/mol. The average molecular weight is 328 g/mol. The number of primary amides is 1. The molecular formula is C10H9IN4O. The molecule has 0 atom stereocenters. The summed E-state index contributed by atoms with van der Waals surface area (Å²) in [6.45, 7) is 8.64. The Bertz CT molecular complexity index is 490. The molecule has 1 rings (SSSR count). The molecular weight excluding hydrogens is 319 g/mol. The van der Waals surface area contributed by atoms with Gasteiger partial charge in [-0.1, -0.05) is 6.57 Å². The molecule has 0 aliphatic heterocycles. The number of hydrogen-bond donors (Lipinski definition) is 2. The van der Waals surface area contributed by atoms with Crippen LogP contribution < -0.4 is 11.2 Å². The van der Waals surface area contributed by atoms with Gasteiger partial charge in [-0.05, 0) is 58.4 Å². The van der Waals surface area contributed by atoms with Gasteiger partial charge in [0.05, 0.1) is 5.69 Å². The minimum absolute atomic E-state index is 0.365. The Hall–Kier alpha value is -1.62. The van der Waals surface area contributed by atoms with Crippen LogP contribution in [-0.4, -0.2) is 11.7 Å². The number of nitrogens with two attached hydrogens (primary N) is 1. The highest BCUT2D eigenvalue weighted by molar-refractivity contribution is 14.1. The van der Waals surface area contributed by atoms with Crippen molar-refractivity contribution >= 4 is 40.0 Å². The number of aryl methyl sites for hydroxylation is 1. The summed E-state index contributed by atoms with van der Waals surface area (Å²) >= 11 is 2.21. The van der Waals surface area contributed by atoms with Crippen LogP contribution in [0.3, 0.4) is 0 Å². The maximum atomic E-state index is 10.7. The number of carbonyl (C=O) groups is 1. The van der Waals surface area contributed by atoms with Gasteiger partial charge in [0.25, 0.3) is 5.91 Å². The fraction of sp³-hybridized carbons (Fsp3) is 0.100. The standard InChI is InChI=1S/C10H9IN4O/c1-6-5-7(3-4-8(6)11)14-15-10(13-2)9(12)16/h3-5,14H,1H3,(H2,12,16)/b15-10-. The number of nitrogens with zero attached hydrogens (tertiary/aromatic N) is 2. The summed E-state index contributed by atoms with van der Waals surface area (Å²) in [4.78, 5) is 13.6. The van der Waals surface area contributed by atoms with E-state index in [1.54, 1.807) is 6.07 Å². The predicted octanol–water partition coefficient (Wildman–Crippen LogP) is 1.73. The lowest BCUT2D eigenvalue weighted by atomic mass is 10.2. The van der Waals surface area contributed by atoms with Crippen LogP contribution in [0.1, 0.15) is 5.56 Å². The first-order valence-electron chi connectivity index (χ1n) is 4.31. The molecule has 0 aromatic heterocycles. The fourth-order valence-corrected chi connectivity index (χ4v) is 1.30. The van der Waals surface area contributed by atoms with Gasteiger partial charge in [-0.25, -0.2) is 5.43 Å². The molecule has 0 bridgehead atoms. The molecule has 1 aromatic carbocycles. The third-order valence-electron chi connectivity index (χ3n) is 1.78. The summed E-state index contributed by atoms with van der Waals surface area (Å²) in [6.07, 6.45) is 0. The summed E-state index contributed by atoms with van der Waals surface area (Å²) in [5.41, 5.74) is 9.35. The van der Waals surface area contributed by atoms with E-state index in [0.717, 1.165) is 9.13 Å². The molecule has 0 fully saturated rings. The highest BCUT2D eigenvalue weighted by Gasteiger charge is 2.06. The number of amides is 1. The second-order valence-electron chi connectivity index (χ2n) is 2.99. The van der Waals surface area contributed by atoms with Crippen molar-refractivity contribution in [1.29, 1.82) is 0 Å². The first-order chi connectivity index (χ1) is 7.54. The SMILES string of the molecule is [C-]#[N+]/C(=N\Nc1ccc(I)c(C)c1)C(N)=O. The molecule has 1 amide bonds. The van der Waals surface area contributed by atoms with Crippen LogP contribution in [0.5, 0.6) is 0 Å². The van der Waals surface area contributed by atoms with Crippen LogP contribution in [0, 0.1) is 17.1 Å². The van der Waals surface area contributed by atoms with E-state index in [2.05, 4.69) is 38.0 Å². The van der Waals surface area contributed by atoms with Crippen LogP contribution in [-0.2, 0) is 4.79 Å². The number of rotatable bonds is 2. The molecule has 6 heteroatoms. The highest BCUT2D eigenvalue weighted by atomic mass is 127. The quantitative estimate of drug-likeness (QED) is 0.285. The van der Waals surface area contributed by atoms with Crippen molar-refractivity contribution in [2.24, 2.45) is 10.8 Å². The van der Waals surface area contributed by atoms with Crippen molar-refractivity contribution in [3.63, 3.8) is 0 Å². The van der Waals surface area contributed by atoms with Gasteiger partial charge in [-0.3, -0.25) is 4.79 Å². The minimum Gasteiger partial charge on any atom is -0.373 e. The third kappa shape index (κ3) is 3.20. The first-order valence-corrected chi connectivity index (χ1v) is 5.39. The molecule has 0 heterocycles. The second-order valence-corrected chi connectivity index (χ2v) is 4.15. The Morgan fingerprint density at radius 3 is 2.81 bits per heavy atom. The third-order valence-corrected chi connectivity index (χ3v) is 2.99. The molecule has 0 saturated heterocycles. The molecule has 0 aliphatic carbocycles. The molecule has 5 nitrogen and oxygen atoms in total. The van der Waals surface area contributed by atoms with E-state index in [1.165, 1.54) is 0 Å². The van der Waals surface area contributed by atoms with Gasteiger partial charge in [0, 0.05) is 3.57 Å². The Labute approximate surface area is 107 Å². The Kier molecular flexibility index (Phi) is 4.25. The molecule has 0 unspecified atom stereocenters. The Morgan fingerprint density at radius 2 is 2.31 bits per heavy atom. The normalized spacial score (nSPS) is 10.7.